The van der Waals surface area contributed by atoms with Crippen LogP contribution >= 0.6 is 0 Å². The minimum Gasteiger partial charge on any atom is -0.327 e. The van der Waals surface area contributed by atoms with E-state index in [1.165, 1.54) is 42.0 Å². The molecule has 1 heteroatoms. The quantitative estimate of drug-likeness (QED) is 0.758. The van der Waals surface area contributed by atoms with E-state index in [-0.39, 0.29) is 6.04 Å². The van der Waals surface area contributed by atoms with Gasteiger partial charge in [-0.25, -0.2) is 0 Å². The minimum atomic E-state index is 0.288. The van der Waals surface area contributed by atoms with E-state index in [1.807, 2.05) is 0 Å². The van der Waals surface area contributed by atoms with Crippen LogP contribution in [0.5, 0.6) is 0 Å². The molecule has 20 heavy (non-hydrogen) atoms. The predicted octanol–water partition coefficient (Wildman–Crippen LogP) is 4.93. The van der Waals surface area contributed by atoms with Gasteiger partial charge in [0.1, 0.15) is 0 Å². The van der Waals surface area contributed by atoms with Crippen LogP contribution in [0.4, 0.5) is 0 Å². The van der Waals surface area contributed by atoms with Crippen molar-refractivity contribution < 1.29 is 0 Å². The van der Waals surface area contributed by atoms with Crippen molar-refractivity contribution in [1.29, 1.82) is 0 Å². The second kappa shape index (κ2) is 7.44. The summed E-state index contributed by atoms with van der Waals surface area (Å²) in [6.07, 6.45) is 5.97. The van der Waals surface area contributed by atoms with Gasteiger partial charge in [-0.1, -0.05) is 69.2 Å². The highest BCUT2D eigenvalue weighted by Gasteiger charge is 2.16. The van der Waals surface area contributed by atoms with Crippen LogP contribution in [0.25, 0.3) is 10.8 Å². The van der Waals surface area contributed by atoms with Crippen molar-refractivity contribution in [2.75, 3.05) is 0 Å². The fourth-order valence-corrected chi connectivity index (χ4v) is 3.12. The SMILES string of the molecule is CCCC(CCC)C(N)Cc1ccc2ccccc2c1. The standard InChI is InChI=1S/C19H27N/c1-3-7-17(8-4-2)19(20)14-15-11-12-16-9-5-6-10-18(16)13-15/h5-6,9-13,17,19H,3-4,7-8,14,20H2,1-2H3. The fourth-order valence-electron chi connectivity index (χ4n) is 3.12. The average Bonchev–Trinajstić information content (AvgIpc) is 2.47. The summed E-state index contributed by atoms with van der Waals surface area (Å²) >= 11 is 0. The summed E-state index contributed by atoms with van der Waals surface area (Å²) in [5, 5.41) is 2.63. The van der Waals surface area contributed by atoms with Gasteiger partial charge in [0.05, 0.1) is 0 Å². The monoisotopic (exact) mass is 269 g/mol. The molecule has 1 nitrogen and oxygen atoms in total. The summed E-state index contributed by atoms with van der Waals surface area (Å²) in [4.78, 5) is 0. The molecular weight excluding hydrogens is 242 g/mol. The number of hydrogen-bond acceptors (Lipinski definition) is 1. The van der Waals surface area contributed by atoms with Crippen molar-refractivity contribution in [3.63, 3.8) is 0 Å². The molecule has 0 fully saturated rings. The zero-order valence-corrected chi connectivity index (χ0v) is 12.8. The maximum Gasteiger partial charge on any atom is 0.0108 e. The number of benzene rings is 2. The highest BCUT2D eigenvalue weighted by Crippen LogP contribution is 2.21. The van der Waals surface area contributed by atoms with Gasteiger partial charge in [0.2, 0.25) is 0 Å². The molecule has 2 aromatic carbocycles. The molecule has 1 atom stereocenters. The van der Waals surface area contributed by atoms with Gasteiger partial charge in [0, 0.05) is 6.04 Å². The van der Waals surface area contributed by atoms with E-state index >= 15 is 0 Å². The average molecular weight is 269 g/mol. The van der Waals surface area contributed by atoms with Crippen LogP contribution in [0.15, 0.2) is 42.5 Å². The molecule has 0 aliphatic rings. The minimum absolute atomic E-state index is 0.288. The molecule has 0 radical (unpaired) electrons. The lowest BCUT2D eigenvalue weighted by molar-refractivity contribution is 0.360. The second-order valence-corrected chi connectivity index (χ2v) is 5.89. The molecule has 0 spiro atoms. The molecular formula is C19H27N. The fraction of sp³-hybridized carbons (Fsp3) is 0.474. The first-order valence-electron chi connectivity index (χ1n) is 7.97. The molecule has 0 saturated carbocycles. The Morgan fingerprint density at radius 2 is 1.55 bits per heavy atom. The van der Waals surface area contributed by atoms with Crippen molar-refractivity contribution in [1.82, 2.24) is 0 Å². The summed E-state index contributed by atoms with van der Waals surface area (Å²) in [7, 11) is 0. The highest BCUT2D eigenvalue weighted by atomic mass is 14.6. The van der Waals surface area contributed by atoms with Crippen LogP contribution in [0, 0.1) is 5.92 Å². The molecule has 0 saturated heterocycles. The third-order valence-corrected chi connectivity index (χ3v) is 4.21. The van der Waals surface area contributed by atoms with Gasteiger partial charge >= 0.3 is 0 Å². The number of fused-ring (bicyclic) bond motifs is 1. The molecule has 2 rings (SSSR count). The lowest BCUT2D eigenvalue weighted by Crippen LogP contribution is -2.32. The zero-order valence-electron chi connectivity index (χ0n) is 12.8. The summed E-state index contributed by atoms with van der Waals surface area (Å²) in [6, 6.07) is 15.6. The van der Waals surface area contributed by atoms with Crippen LogP contribution in [-0.2, 0) is 6.42 Å². The lowest BCUT2D eigenvalue weighted by Gasteiger charge is -2.23. The first-order chi connectivity index (χ1) is 9.74. The Labute approximate surface area is 123 Å². The third kappa shape index (κ3) is 3.83. The molecule has 0 bridgehead atoms. The van der Waals surface area contributed by atoms with Gasteiger partial charge in [-0.3, -0.25) is 0 Å². The topological polar surface area (TPSA) is 26.0 Å². The van der Waals surface area contributed by atoms with E-state index < -0.39 is 0 Å². The Hall–Kier alpha value is -1.34. The van der Waals surface area contributed by atoms with Gasteiger partial charge in [-0.05, 0) is 41.5 Å². The Kier molecular flexibility index (Phi) is 5.60. The van der Waals surface area contributed by atoms with Crippen LogP contribution in [-0.4, -0.2) is 6.04 Å². The third-order valence-electron chi connectivity index (χ3n) is 4.21. The summed E-state index contributed by atoms with van der Waals surface area (Å²) in [5.74, 6) is 0.663. The van der Waals surface area contributed by atoms with E-state index in [1.54, 1.807) is 0 Å². The van der Waals surface area contributed by atoms with Gasteiger partial charge in [0.15, 0.2) is 0 Å². The smallest absolute Gasteiger partial charge is 0.0108 e. The van der Waals surface area contributed by atoms with Crippen LogP contribution in [0.1, 0.15) is 45.1 Å². The molecule has 0 aliphatic carbocycles. The first kappa shape index (κ1) is 15.1. The molecule has 0 amide bonds. The number of rotatable bonds is 7. The van der Waals surface area contributed by atoms with Crippen molar-refractivity contribution >= 4 is 10.8 Å². The van der Waals surface area contributed by atoms with Crippen LogP contribution in [0.3, 0.4) is 0 Å². The van der Waals surface area contributed by atoms with E-state index in [9.17, 15) is 0 Å². The zero-order chi connectivity index (χ0) is 14.4. The molecule has 1 unspecified atom stereocenters. The molecule has 0 heterocycles. The molecule has 2 aromatic rings. The Morgan fingerprint density at radius 1 is 0.900 bits per heavy atom. The van der Waals surface area contributed by atoms with Crippen molar-refractivity contribution in [2.45, 2.75) is 52.0 Å². The first-order valence-corrected chi connectivity index (χ1v) is 7.97. The predicted molar refractivity (Wildman–Crippen MR) is 88.9 cm³/mol. The van der Waals surface area contributed by atoms with E-state index in [2.05, 4.69) is 56.3 Å². The van der Waals surface area contributed by atoms with Crippen molar-refractivity contribution in [3.05, 3.63) is 48.0 Å². The lowest BCUT2D eigenvalue weighted by atomic mass is 9.87. The van der Waals surface area contributed by atoms with E-state index in [0.717, 1.165) is 6.42 Å². The van der Waals surface area contributed by atoms with E-state index in [0.29, 0.717) is 5.92 Å². The second-order valence-electron chi connectivity index (χ2n) is 5.89. The van der Waals surface area contributed by atoms with E-state index in [4.69, 9.17) is 5.73 Å². The Balaban J connectivity index is 2.09. The maximum absolute atomic E-state index is 6.47. The number of hydrogen-bond donors (Lipinski definition) is 1. The molecule has 0 aromatic heterocycles. The molecule has 0 aliphatic heterocycles. The van der Waals surface area contributed by atoms with Gasteiger partial charge < -0.3 is 5.73 Å². The van der Waals surface area contributed by atoms with Gasteiger partial charge in [0.25, 0.3) is 0 Å². The van der Waals surface area contributed by atoms with Crippen molar-refractivity contribution in [2.24, 2.45) is 11.7 Å². The normalized spacial score (nSPS) is 13.0. The highest BCUT2D eigenvalue weighted by molar-refractivity contribution is 5.82. The van der Waals surface area contributed by atoms with Crippen LogP contribution < -0.4 is 5.73 Å². The maximum atomic E-state index is 6.47. The van der Waals surface area contributed by atoms with Crippen LogP contribution in [0.2, 0.25) is 0 Å². The Bertz CT molecular complexity index is 526. The van der Waals surface area contributed by atoms with Gasteiger partial charge in [-0.2, -0.15) is 0 Å². The Morgan fingerprint density at radius 3 is 2.20 bits per heavy atom. The molecule has 2 N–H and O–H groups in total. The molecule has 108 valence electrons. The largest absolute Gasteiger partial charge is 0.327 e. The number of nitrogens with two attached hydrogens (primary N) is 1. The summed E-state index contributed by atoms with van der Waals surface area (Å²) in [5.41, 5.74) is 7.84. The van der Waals surface area contributed by atoms with Gasteiger partial charge in [-0.15, -0.1) is 0 Å². The summed E-state index contributed by atoms with van der Waals surface area (Å²) in [6.45, 7) is 4.51. The van der Waals surface area contributed by atoms with Crippen molar-refractivity contribution in [3.8, 4) is 0 Å². The summed E-state index contributed by atoms with van der Waals surface area (Å²) < 4.78 is 0.